The SMILES string of the molecule is O=C(NC1CCS2(CCCCC2)CC1)c1cc2cc(-c3cccnc3)cnc2[nH]1. The largest absolute Gasteiger partial charge is 0.348 e. The van der Waals surface area contributed by atoms with Gasteiger partial charge in [0.2, 0.25) is 0 Å². The molecule has 152 valence electrons. The maximum Gasteiger partial charge on any atom is 0.267 e. The van der Waals surface area contributed by atoms with Crippen LogP contribution in [0.4, 0.5) is 0 Å². The van der Waals surface area contributed by atoms with Crippen LogP contribution < -0.4 is 5.32 Å². The van der Waals surface area contributed by atoms with Crippen molar-refractivity contribution >= 4 is 27.0 Å². The fraction of sp³-hybridized carbons (Fsp3) is 0.435. The molecular weight excluding hydrogens is 380 g/mol. The van der Waals surface area contributed by atoms with Crippen molar-refractivity contribution in [2.75, 3.05) is 23.0 Å². The van der Waals surface area contributed by atoms with Crippen molar-refractivity contribution in [3.8, 4) is 11.1 Å². The third-order valence-corrected chi connectivity index (χ3v) is 11.0. The first-order valence-electron chi connectivity index (χ1n) is 10.6. The quantitative estimate of drug-likeness (QED) is 0.670. The lowest BCUT2D eigenvalue weighted by Gasteiger charge is -2.48. The maximum atomic E-state index is 12.8. The minimum Gasteiger partial charge on any atom is -0.348 e. The molecule has 2 aliphatic rings. The molecule has 5 rings (SSSR count). The number of nitrogens with one attached hydrogen (secondary N) is 2. The summed E-state index contributed by atoms with van der Waals surface area (Å²) in [6, 6.07) is 8.21. The lowest BCUT2D eigenvalue weighted by Crippen LogP contribution is -2.41. The summed E-state index contributed by atoms with van der Waals surface area (Å²) in [5.74, 6) is 5.63. The average Bonchev–Trinajstić information content (AvgIpc) is 3.20. The molecule has 5 heterocycles. The normalized spacial score (nSPS) is 20.6. The predicted molar refractivity (Wildman–Crippen MR) is 121 cm³/mol. The Labute approximate surface area is 173 Å². The molecule has 0 bridgehead atoms. The predicted octanol–water partition coefficient (Wildman–Crippen LogP) is 4.51. The molecule has 2 saturated heterocycles. The first kappa shape index (κ1) is 18.7. The molecule has 2 aliphatic heterocycles. The zero-order valence-electron chi connectivity index (χ0n) is 16.7. The minimum absolute atomic E-state index is 0.00878. The van der Waals surface area contributed by atoms with E-state index < -0.39 is 0 Å². The summed E-state index contributed by atoms with van der Waals surface area (Å²) in [5, 5.41) is 4.22. The first-order chi connectivity index (χ1) is 14.2. The molecule has 1 spiro atoms. The molecule has 29 heavy (non-hydrogen) atoms. The molecule has 3 aromatic rings. The summed E-state index contributed by atoms with van der Waals surface area (Å²) in [4.78, 5) is 24.7. The van der Waals surface area contributed by atoms with Crippen LogP contribution in [0, 0.1) is 0 Å². The molecule has 5 nitrogen and oxygen atoms in total. The van der Waals surface area contributed by atoms with Crippen LogP contribution in [0.5, 0.6) is 0 Å². The van der Waals surface area contributed by atoms with Crippen molar-refractivity contribution < 1.29 is 4.79 Å². The second-order valence-corrected chi connectivity index (χ2v) is 12.5. The van der Waals surface area contributed by atoms with Gasteiger partial charge in [0.05, 0.1) is 0 Å². The number of H-pyrrole nitrogens is 1. The van der Waals surface area contributed by atoms with Gasteiger partial charge in [0.1, 0.15) is 11.3 Å². The Morgan fingerprint density at radius 2 is 1.86 bits per heavy atom. The number of amides is 1. The van der Waals surface area contributed by atoms with Crippen molar-refractivity contribution in [3.05, 3.63) is 48.5 Å². The smallest absolute Gasteiger partial charge is 0.267 e. The molecule has 0 atom stereocenters. The van der Waals surface area contributed by atoms with Crippen LogP contribution in [-0.2, 0) is 0 Å². The Morgan fingerprint density at radius 3 is 2.62 bits per heavy atom. The maximum absolute atomic E-state index is 12.8. The second kappa shape index (κ2) is 7.82. The van der Waals surface area contributed by atoms with Crippen molar-refractivity contribution in [3.63, 3.8) is 0 Å². The van der Waals surface area contributed by atoms with E-state index in [0.717, 1.165) is 35.0 Å². The number of nitrogens with zero attached hydrogens (tertiary/aromatic N) is 2. The zero-order valence-corrected chi connectivity index (χ0v) is 17.5. The highest BCUT2D eigenvalue weighted by atomic mass is 32.3. The van der Waals surface area contributed by atoms with Gasteiger partial charge >= 0.3 is 0 Å². The molecule has 1 amide bonds. The van der Waals surface area contributed by atoms with E-state index in [1.165, 1.54) is 42.3 Å². The number of aromatic nitrogens is 3. The second-order valence-electron chi connectivity index (χ2n) is 8.44. The van der Waals surface area contributed by atoms with Crippen molar-refractivity contribution in [1.82, 2.24) is 20.3 Å². The first-order valence-corrected chi connectivity index (χ1v) is 13.0. The molecule has 2 fully saturated rings. The van der Waals surface area contributed by atoms with Gasteiger partial charge in [-0.05, 0) is 66.9 Å². The number of fused-ring (bicyclic) bond motifs is 1. The Kier molecular flexibility index (Phi) is 5.04. The van der Waals surface area contributed by atoms with Gasteiger partial charge in [0.25, 0.3) is 5.91 Å². The van der Waals surface area contributed by atoms with Crippen molar-refractivity contribution in [2.45, 2.75) is 38.1 Å². The molecular formula is C23H28N4OS. The Balaban J connectivity index is 1.26. The van der Waals surface area contributed by atoms with Crippen LogP contribution in [0.15, 0.2) is 42.9 Å². The van der Waals surface area contributed by atoms with Crippen LogP contribution in [-0.4, -0.2) is 49.9 Å². The van der Waals surface area contributed by atoms with Gasteiger partial charge in [-0.3, -0.25) is 9.78 Å². The Morgan fingerprint density at radius 1 is 1.03 bits per heavy atom. The fourth-order valence-electron chi connectivity index (χ4n) is 4.77. The van der Waals surface area contributed by atoms with Gasteiger partial charge in [-0.1, -0.05) is 12.5 Å². The molecule has 0 aromatic carbocycles. The zero-order chi connectivity index (χ0) is 19.7. The van der Waals surface area contributed by atoms with Gasteiger partial charge in [-0.2, -0.15) is 0 Å². The van der Waals surface area contributed by atoms with Gasteiger partial charge in [0.15, 0.2) is 0 Å². The summed E-state index contributed by atoms with van der Waals surface area (Å²) in [5.41, 5.74) is 3.37. The Hall–Kier alpha value is -2.34. The van der Waals surface area contributed by atoms with E-state index in [0.29, 0.717) is 11.7 Å². The lowest BCUT2D eigenvalue weighted by atomic mass is 10.1. The standard InChI is InChI=1S/C23H28N4OS/c28-23(26-20-6-11-29(12-7-20)9-2-1-3-10-29)21-14-18-13-19(16-25-22(18)27-21)17-5-4-8-24-15-17/h4-5,8,13-16,20H,1-3,6-7,9-12H2,(H,25,27)(H,26,28). The summed E-state index contributed by atoms with van der Waals surface area (Å²) < 4.78 is 0. The van der Waals surface area contributed by atoms with E-state index in [4.69, 9.17) is 0 Å². The molecule has 0 unspecified atom stereocenters. The molecule has 3 aromatic heterocycles. The van der Waals surface area contributed by atoms with E-state index in [2.05, 4.69) is 26.3 Å². The fourth-order valence-corrected chi connectivity index (χ4v) is 9.20. The van der Waals surface area contributed by atoms with Crippen LogP contribution in [0.3, 0.4) is 0 Å². The van der Waals surface area contributed by atoms with E-state index >= 15 is 0 Å². The molecule has 2 N–H and O–H groups in total. The third-order valence-electron chi connectivity index (χ3n) is 6.50. The number of carbonyl (C=O) groups is 1. The highest BCUT2D eigenvalue weighted by Crippen LogP contribution is 2.55. The average molecular weight is 409 g/mol. The van der Waals surface area contributed by atoms with E-state index in [-0.39, 0.29) is 15.9 Å². The van der Waals surface area contributed by atoms with E-state index in [9.17, 15) is 4.79 Å². The minimum atomic E-state index is -0.358. The van der Waals surface area contributed by atoms with E-state index in [1.54, 1.807) is 6.20 Å². The van der Waals surface area contributed by atoms with Crippen LogP contribution >= 0.6 is 10.0 Å². The monoisotopic (exact) mass is 408 g/mol. The summed E-state index contributed by atoms with van der Waals surface area (Å²) >= 11 is 0. The molecule has 0 radical (unpaired) electrons. The molecule has 0 saturated carbocycles. The molecule has 6 heteroatoms. The van der Waals surface area contributed by atoms with Gasteiger partial charge in [-0.25, -0.2) is 15.0 Å². The van der Waals surface area contributed by atoms with Crippen molar-refractivity contribution in [2.24, 2.45) is 0 Å². The lowest BCUT2D eigenvalue weighted by molar-refractivity contribution is 0.0930. The van der Waals surface area contributed by atoms with Crippen LogP contribution in [0.1, 0.15) is 42.6 Å². The summed E-state index contributed by atoms with van der Waals surface area (Å²) in [6.45, 7) is 0. The summed E-state index contributed by atoms with van der Waals surface area (Å²) in [6.07, 6.45) is 12.0. The number of hydrogen-bond donors (Lipinski definition) is 2. The highest BCUT2D eigenvalue weighted by molar-refractivity contribution is 8.33. The number of pyridine rings is 2. The van der Waals surface area contributed by atoms with Gasteiger partial charge in [0, 0.05) is 41.1 Å². The Bertz CT molecular complexity index is 1000. The van der Waals surface area contributed by atoms with Gasteiger partial charge < -0.3 is 10.3 Å². The molecule has 0 aliphatic carbocycles. The van der Waals surface area contributed by atoms with Crippen LogP contribution in [0.25, 0.3) is 22.2 Å². The number of hydrogen-bond acceptors (Lipinski definition) is 3. The number of aromatic amines is 1. The topological polar surface area (TPSA) is 70.7 Å². The highest BCUT2D eigenvalue weighted by Gasteiger charge is 2.32. The number of rotatable bonds is 3. The summed E-state index contributed by atoms with van der Waals surface area (Å²) in [7, 11) is -0.358. The van der Waals surface area contributed by atoms with Crippen LogP contribution in [0.2, 0.25) is 0 Å². The van der Waals surface area contributed by atoms with Crippen molar-refractivity contribution in [1.29, 1.82) is 0 Å². The number of carbonyl (C=O) groups excluding carboxylic acids is 1. The van der Waals surface area contributed by atoms with E-state index in [1.807, 2.05) is 30.6 Å². The van der Waals surface area contributed by atoms with Gasteiger partial charge in [-0.15, -0.1) is 0 Å². The third kappa shape index (κ3) is 3.90.